The van der Waals surface area contributed by atoms with Crippen LogP contribution in [-0.4, -0.2) is 31.7 Å². The molecule has 0 radical (unpaired) electrons. The van der Waals surface area contributed by atoms with Crippen LogP contribution in [0.15, 0.2) is 24.3 Å². The predicted molar refractivity (Wildman–Crippen MR) is 64.0 cm³/mol. The van der Waals surface area contributed by atoms with Crippen molar-refractivity contribution in [1.29, 1.82) is 0 Å². The molecule has 0 heterocycles. The summed E-state index contributed by atoms with van der Waals surface area (Å²) in [6.07, 6.45) is 0. The predicted octanol–water partition coefficient (Wildman–Crippen LogP) is 2.46. The number of methoxy groups -OCH3 is 1. The molecule has 0 aliphatic rings. The topological polar surface area (TPSA) is 12.5 Å². The van der Waals surface area contributed by atoms with Gasteiger partial charge in [0.2, 0.25) is 0 Å². The standard InChI is InChI=1S/C13H21NO/c1-4-14(8-9-15-3)11-13-7-5-6-12(2)10-13/h5-7,10H,4,8-9,11H2,1-3H3. The lowest BCUT2D eigenvalue weighted by Crippen LogP contribution is -2.26. The third-order valence-electron chi connectivity index (χ3n) is 2.55. The maximum Gasteiger partial charge on any atom is 0.0589 e. The minimum absolute atomic E-state index is 0.805. The summed E-state index contributed by atoms with van der Waals surface area (Å²) in [5.41, 5.74) is 2.71. The van der Waals surface area contributed by atoms with Gasteiger partial charge in [-0.15, -0.1) is 0 Å². The highest BCUT2D eigenvalue weighted by Gasteiger charge is 2.02. The van der Waals surface area contributed by atoms with Crippen LogP contribution in [0.4, 0.5) is 0 Å². The summed E-state index contributed by atoms with van der Waals surface area (Å²) in [6.45, 7) is 8.21. The molecule has 1 aromatic rings. The number of hydrogen-bond donors (Lipinski definition) is 0. The van der Waals surface area contributed by atoms with Gasteiger partial charge in [0, 0.05) is 20.2 Å². The molecule has 1 aromatic carbocycles. The Bertz CT molecular complexity index is 286. The van der Waals surface area contributed by atoms with Crippen molar-refractivity contribution in [3.8, 4) is 0 Å². The smallest absolute Gasteiger partial charge is 0.0589 e. The van der Waals surface area contributed by atoms with Crippen molar-refractivity contribution in [3.63, 3.8) is 0 Å². The Hall–Kier alpha value is -0.860. The van der Waals surface area contributed by atoms with E-state index < -0.39 is 0 Å². The maximum atomic E-state index is 5.09. The molecule has 0 aliphatic heterocycles. The van der Waals surface area contributed by atoms with Crippen molar-refractivity contribution in [3.05, 3.63) is 35.4 Å². The van der Waals surface area contributed by atoms with Gasteiger partial charge in [0.05, 0.1) is 6.61 Å². The first-order chi connectivity index (χ1) is 7.26. The van der Waals surface area contributed by atoms with E-state index in [1.165, 1.54) is 11.1 Å². The van der Waals surface area contributed by atoms with Gasteiger partial charge < -0.3 is 4.74 Å². The summed E-state index contributed by atoms with van der Waals surface area (Å²) in [4.78, 5) is 2.39. The molecule has 0 amide bonds. The molecule has 0 fully saturated rings. The summed E-state index contributed by atoms with van der Waals surface area (Å²) in [6, 6.07) is 8.68. The van der Waals surface area contributed by atoms with Crippen molar-refractivity contribution in [2.24, 2.45) is 0 Å². The molecular weight excluding hydrogens is 186 g/mol. The molecule has 0 saturated heterocycles. The minimum atomic E-state index is 0.805. The fourth-order valence-electron chi connectivity index (χ4n) is 1.64. The van der Waals surface area contributed by atoms with Crippen LogP contribution in [0, 0.1) is 6.92 Å². The molecule has 0 aliphatic carbocycles. The van der Waals surface area contributed by atoms with Crippen LogP contribution < -0.4 is 0 Å². The summed E-state index contributed by atoms with van der Waals surface area (Å²) < 4.78 is 5.09. The van der Waals surface area contributed by atoms with Crippen LogP contribution in [0.25, 0.3) is 0 Å². The van der Waals surface area contributed by atoms with E-state index >= 15 is 0 Å². The second-order valence-electron chi connectivity index (χ2n) is 3.85. The Balaban J connectivity index is 2.50. The Morgan fingerprint density at radius 2 is 2.13 bits per heavy atom. The van der Waals surface area contributed by atoms with Crippen LogP contribution in [0.3, 0.4) is 0 Å². The fourth-order valence-corrected chi connectivity index (χ4v) is 1.64. The summed E-state index contributed by atoms with van der Waals surface area (Å²) in [5, 5.41) is 0. The van der Waals surface area contributed by atoms with Gasteiger partial charge in [-0.2, -0.15) is 0 Å². The van der Waals surface area contributed by atoms with E-state index in [4.69, 9.17) is 4.74 Å². The van der Waals surface area contributed by atoms with Crippen molar-refractivity contribution < 1.29 is 4.74 Å². The van der Waals surface area contributed by atoms with Crippen molar-refractivity contribution in [2.45, 2.75) is 20.4 Å². The van der Waals surface area contributed by atoms with Crippen LogP contribution in [0.1, 0.15) is 18.1 Å². The lowest BCUT2D eigenvalue weighted by molar-refractivity contribution is 0.147. The molecular formula is C13H21NO. The molecule has 15 heavy (non-hydrogen) atoms. The van der Waals surface area contributed by atoms with E-state index in [1.807, 2.05) is 0 Å². The third kappa shape index (κ3) is 4.45. The highest BCUT2D eigenvalue weighted by atomic mass is 16.5. The molecule has 2 heteroatoms. The Kier molecular flexibility index (Phi) is 5.37. The SMILES string of the molecule is CCN(CCOC)Cc1cccc(C)c1. The van der Waals surface area contributed by atoms with Gasteiger partial charge in [-0.1, -0.05) is 36.8 Å². The molecule has 1 rings (SSSR count). The van der Waals surface area contributed by atoms with Crippen molar-refractivity contribution >= 4 is 0 Å². The van der Waals surface area contributed by atoms with Gasteiger partial charge in [0.15, 0.2) is 0 Å². The lowest BCUT2D eigenvalue weighted by Gasteiger charge is -2.20. The summed E-state index contributed by atoms with van der Waals surface area (Å²) in [5.74, 6) is 0. The van der Waals surface area contributed by atoms with E-state index in [0.717, 1.165) is 26.2 Å². The number of hydrogen-bond acceptors (Lipinski definition) is 2. The zero-order valence-electron chi connectivity index (χ0n) is 9.99. The van der Waals surface area contributed by atoms with Gasteiger partial charge in [0.25, 0.3) is 0 Å². The summed E-state index contributed by atoms with van der Waals surface area (Å²) in [7, 11) is 1.75. The normalized spacial score (nSPS) is 10.9. The number of nitrogens with zero attached hydrogens (tertiary/aromatic N) is 1. The van der Waals surface area contributed by atoms with Crippen LogP contribution in [-0.2, 0) is 11.3 Å². The number of benzene rings is 1. The minimum Gasteiger partial charge on any atom is -0.383 e. The monoisotopic (exact) mass is 207 g/mol. The second-order valence-corrected chi connectivity index (χ2v) is 3.85. The molecule has 2 nitrogen and oxygen atoms in total. The van der Waals surface area contributed by atoms with E-state index in [-0.39, 0.29) is 0 Å². The van der Waals surface area contributed by atoms with Crippen molar-refractivity contribution in [2.75, 3.05) is 26.8 Å². The van der Waals surface area contributed by atoms with Gasteiger partial charge in [-0.3, -0.25) is 4.90 Å². The van der Waals surface area contributed by atoms with Crippen molar-refractivity contribution in [1.82, 2.24) is 4.90 Å². The van der Waals surface area contributed by atoms with E-state index in [1.54, 1.807) is 7.11 Å². The average molecular weight is 207 g/mol. The molecule has 0 bridgehead atoms. The fraction of sp³-hybridized carbons (Fsp3) is 0.538. The van der Waals surface area contributed by atoms with E-state index in [0.29, 0.717) is 0 Å². The number of aryl methyl sites for hydroxylation is 1. The number of ether oxygens (including phenoxy) is 1. The molecule has 0 atom stereocenters. The van der Waals surface area contributed by atoms with Crippen LogP contribution in [0.2, 0.25) is 0 Å². The molecule has 0 aromatic heterocycles. The quantitative estimate of drug-likeness (QED) is 0.710. The first kappa shape index (κ1) is 12.2. The van der Waals surface area contributed by atoms with Gasteiger partial charge in [-0.05, 0) is 19.0 Å². The lowest BCUT2D eigenvalue weighted by atomic mass is 10.1. The maximum absolute atomic E-state index is 5.09. The molecule has 84 valence electrons. The zero-order valence-corrected chi connectivity index (χ0v) is 9.99. The molecule has 0 unspecified atom stereocenters. The Labute approximate surface area is 92.9 Å². The number of rotatable bonds is 6. The number of likely N-dealkylation sites (N-methyl/N-ethyl adjacent to an activating group) is 1. The van der Waals surface area contributed by atoms with Gasteiger partial charge in [-0.25, -0.2) is 0 Å². The van der Waals surface area contributed by atoms with E-state index in [9.17, 15) is 0 Å². The van der Waals surface area contributed by atoms with Gasteiger partial charge >= 0.3 is 0 Å². The molecule has 0 N–H and O–H groups in total. The average Bonchev–Trinajstić information content (AvgIpc) is 2.24. The third-order valence-corrected chi connectivity index (χ3v) is 2.55. The Morgan fingerprint density at radius 3 is 2.73 bits per heavy atom. The second kappa shape index (κ2) is 6.59. The Morgan fingerprint density at radius 1 is 1.33 bits per heavy atom. The van der Waals surface area contributed by atoms with Gasteiger partial charge in [0.1, 0.15) is 0 Å². The molecule has 0 spiro atoms. The van der Waals surface area contributed by atoms with Crippen LogP contribution in [0.5, 0.6) is 0 Å². The highest BCUT2D eigenvalue weighted by molar-refractivity contribution is 5.22. The molecule has 0 saturated carbocycles. The first-order valence-electron chi connectivity index (χ1n) is 5.53. The first-order valence-corrected chi connectivity index (χ1v) is 5.53. The largest absolute Gasteiger partial charge is 0.383 e. The zero-order chi connectivity index (χ0) is 11.1. The summed E-state index contributed by atoms with van der Waals surface area (Å²) >= 11 is 0. The van der Waals surface area contributed by atoms with Crippen LogP contribution >= 0.6 is 0 Å². The highest BCUT2D eigenvalue weighted by Crippen LogP contribution is 2.07. The van der Waals surface area contributed by atoms with E-state index in [2.05, 4.69) is 43.0 Å².